The highest BCUT2D eigenvalue weighted by molar-refractivity contribution is 6.14. The average molecular weight is 391 g/mol. The summed E-state index contributed by atoms with van der Waals surface area (Å²) in [6.07, 6.45) is 5.36. The molecule has 6 heteroatoms. The van der Waals surface area contributed by atoms with E-state index in [1.807, 2.05) is 48.5 Å². The van der Waals surface area contributed by atoms with Gasteiger partial charge in [-0.15, -0.1) is 0 Å². The fourth-order valence-corrected chi connectivity index (χ4v) is 3.80. The Hall–Kier alpha value is -3.28. The Morgan fingerprint density at radius 3 is 2.52 bits per heavy atom. The van der Waals surface area contributed by atoms with Crippen LogP contribution in [0.25, 0.3) is 6.08 Å². The van der Waals surface area contributed by atoms with E-state index in [1.54, 1.807) is 13.2 Å². The van der Waals surface area contributed by atoms with Crippen LogP contribution < -0.4 is 15.0 Å². The van der Waals surface area contributed by atoms with Crippen molar-refractivity contribution < 1.29 is 14.3 Å². The topological polar surface area (TPSA) is 61.9 Å². The lowest BCUT2D eigenvalue weighted by atomic mass is 10.1. The molecule has 0 radical (unpaired) electrons. The number of urea groups is 1. The minimum Gasteiger partial charge on any atom is -0.496 e. The van der Waals surface area contributed by atoms with E-state index in [-0.39, 0.29) is 18.1 Å². The molecule has 2 aromatic carbocycles. The molecule has 0 aliphatic carbocycles. The van der Waals surface area contributed by atoms with Crippen LogP contribution in [0.2, 0.25) is 0 Å². The molecule has 0 saturated carbocycles. The second-order valence-corrected chi connectivity index (χ2v) is 7.34. The van der Waals surface area contributed by atoms with Crippen LogP contribution in [0, 0.1) is 0 Å². The average Bonchev–Trinajstić information content (AvgIpc) is 3.03. The fourth-order valence-electron chi connectivity index (χ4n) is 3.80. The summed E-state index contributed by atoms with van der Waals surface area (Å²) in [5, 5.41) is 2.68. The van der Waals surface area contributed by atoms with Crippen LogP contribution >= 0.6 is 0 Å². The van der Waals surface area contributed by atoms with Crippen molar-refractivity contribution in [2.45, 2.75) is 25.8 Å². The third-order valence-electron chi connectivity index (χ3n) is 5.38. The molecule has 0 aromatic heterocycles. The number of hydrogen-bond acceptors (Lipinski definition) is 4. The van der Waals surface area contributed by atoms with Crippen molar-refractivity contribution in [2.24, 2.45) is 0 Å². The number of carbonyl (C=O) groups is 2. The highest BCUT2D eigenvalue weighted by Gasteiger charge is 2.33. The summed E-state index contributed by atoms with van der Waals surface area (Å²) in [6.45, 7) is 2.34. The summed E-state index contributed by atoms with van der Waals surface area (Å²) in [4.78, 5) is 28.7. The smallest absolute Gasteiger partial charge is 0.329 e. The van der Waals surface area contributed by atoms with E-state index in [0.29, 0.717) is 5.75 Å². The van der Waals surface area contributed by atoms with Crippen LogP contribution in [0.3, 0.4) is 0 Å². The molecule has 0 atom stereocenters. The number of rotatable bonds is 5. The first kappa shape index (κ1) is 19.1. The SMILES string of the molecule is COc1cc(N2CCCCC2)ccc1/C=C1/NC(=O)N(Cc2ccccc2)C1=O. The van der Waals surface area contributed by atoms with Gasteiger partial charge in [0.25, 0.3) is 5.91 Å². The highest BCUT2D eigenvalue weighted by atomic mass is 16.5. The first-order valence-corrected chi connectivity index (χ1v) is 9.97. The molecule has 4 rings (SSSR count). The summed E-state index contributed by atoms with van der Waals surface area (Å²) in [7, 11) is 1.62. The lowest BCUT2D eigenvalue weighted by molar-refractivity contribution is -0.123. The second-order valence-electron chi connectivity index (χ2n) is 7.34. The van der Waals surface area contributed by atoms with Crippen molar-refractivity contribution in [3.05, 3.63) is 65.4 Å². The molecule has 0 bridgehead atoms. The minimum absolute atomic E-state index is 0.244. The molecule has 150 valence electrons. The zero-order valence-corrected chi connectivity index (χ0v) is 16.6. The number of hydrogen-bond donors (Lipinski definition) is 1. The Morgan fingerprint density at radius 2 is 1.79 bits per heavy atom. The van der Waals surface area contributed by atoms with Gasteiger partial charge in [0.2, 0.25) is 0 Å². The molecule has 2 aliphatic rings. The van der Waals surface area contributed by atoms with Gasteiger partial charge in [0, 0.05) is 30.4 Å². The van der Waals surface area contributed by atoms with Crippen LogP contribution in [0.15, 0.2) is 54.2 Å². The quantitative estimate of drug-likeness (QED) is 0.622. The number of anilines is 1. The van der Waals surface area contributed by atoms with Crippen LogP contribution in [-0.2, 0) is 11.3 Å². The third kappa shape index (κ3) is 4.11. The molecule has 29 heavy (non-hydrogen) atoms. The van der Waals surface area contributed by atoms with Gasteiger partial charge >= 0.3 is 6.03 Å². The summed E-state index contributed by atoms with van der Waals surface area (Å²) < 4.78 is 5.56. The maximum Gasteiger partial charge on any atom is 0.329 e. The van der Waals surface area contributed by atoms with E-state index in [2.05, 4.69) is 10.2 Å². The van der Waals surface area contributed by atoms with Gasteiger partial charge in [-0.25, -0.2) is 4.79 Å². The Kier molecular flexibility index (Phi) is 5.51. The maximum absolute atomic E-state index is 12.8. The number of carbonyl (C=O) groups excluding carboxylic acids is 2. The number of methoxy groups -OCH3 is 1. The standard InChI is InChI=1S/C23H25N3O3/c1-29-21-15-19(25-12-6-3-7-13-25)11-10-18(21)14-20-22(27)26(23(28)24-20)16-17-8-4-2-5-9-17/h2,4-5,8-11,14-15H,3,6-7,12-13,16H2,1H3,(H,24,28)/b20-14+. The third-order valence-corrected chi connectivity index (χ3v) is 5.38. The summed E-state index contributed by atoms with van der Waals surface area (Å²) in [6, 6.07) is 15.0. The Morgan fingerprint density at radius 1 is 1.03 bits per heavy atom. The number of imide groups is 1. The number of nitrogens with one attached hydrogen (secondary N) is 1. The molecule has 2 aliphatic heterocycles. The molecule has 2 aromatic rings. The van der Waals surface area contributed by atoms with Gasteiger partial charge in [-0.2, -0.15) is 0 Å². The number of benzene rings is 2. The summed E-state index contributed by atoms with van der Waals surface area (Å²) in [5.41, 5.74) is 3.05. The Bertz CT molecular complexity index is 934. The van der Waals surface area contributed by atoms with Crippen LogP contribution in [0.1, 0.15) is 30.4 Å². The van der Waals surface area contributed by atoms with Crippen LogP contribution in [-0.4, -0.2) is 37.0 Å². The Balaban J connectivity index is 1.55. The molecule has 0 unspecified atom stereocenters. The van der Waals surface area contributed by atoms with Crippen molar-refractivity contribution in [3.8, 4) is 5.75 Å². The molecule has 6 nitrogen and oxygen atoms in total. The zero-order chi connectivity index (χ0) is 20.2. The second kappa shape index (κ2) is 8.39. The van der Waals surface area contributed by atoms with Crippen molar-refractivity contribution >= 4 is 23.7 Å². The van der Waals surface area contributed by atoms with Gasteiger partial charge < -0.3 is 15.0 Å². The molecule has 0 spiro atoms. The van der Waals surface area contributed by atoms with Crippen LogP contribution in [0.5, 0.6) is 5.75 Å². The van der Waals surface area contributed by atoms with Gasteiger partial charge in [0.05, 0.1) is 13.7 Å². The predicted molar refractivity (Wildman–Crippen MR) is 113 cm³/mol. The molecule has 2 fully saturated rings. The monoisotopic (exact) mass is 391 g/mol. The lowest BCUT2D eigenvalue weighted by Gasteiger charge is -2.29. The number of amides is 3. The van der Waals surface area contributed by atoms with Gasteiger partial charge in [0.1, 0.15) is 11.4 Å². The van der Waals surface area contributed by atoms with Crippen molar-refractivity contribution in [3.63, 3.8) is 0 Å². The van der Waals surface area contributed by atoms with Gasteiger partial charge in [-0.05, 0) is 43.0 Å². The fraction of sp³-hybridized carbons (Fsp3) is 0.304. The lowest BCUT2D eigenvalue weighted by Crippen LogP contribution is -2.30. The first-order valence-electron chi connectivity index (χ1n) is 9.97. The van der Waals surface area contributed by atoms with E-state index >= 15 is 0 Å². The summed E-state index contributed by atoms with van der Waals surface area (Å²) >= 11 is 0. The van der Waals surface area contributed by atoms with Crippen molar-refractivity contribution in [1.82, 2.24) is 10.2 Å². The van der Waals surface area contributed by atoms with E-state index in [1.165, 1.54) is 24.2 Å². The number of ether oxygens (including phenoxy) is 1. The molecule has 3 amide bonds. The van der Waals surface area contributed by atoms with E-state index in [4.69, 9.17) is 4.74 Å². The van der Waals surface area contributed by atoms with E-state index in [0.717, 1.165) is 29.9 Å². The van der Waals surface area contributed by atoms with E-state index in [9.17, 15) is 9.59 Å². The highest BCUT2D eigenvalue weighted by Crippen LogP contribution is 2.30. The molecule has 2 saturated heterocycles. The van der Waals surface area contributed by atoms with Gasteiger partial charge in [-0.1, -0.05) is 30.3 Å². The van der Waals surface area contributed by atoms with Gasteiger partial charge in [-0.3, -0.25) is 9.69 Å². The van der Waals surface area contributed by atoms with Gasteiger partial charge in [0.15, 0.2) is 0 Å². The molecular weight excluding hydrogens is 366 g/mol. The first-order chi connectivity index (χ1) is 14.2. The summed E-state index contributed by atoms with van der Waals surface area (Å²) in [5.74, 6) is 0.352. The van der Waals surface area contributed by atoms with Crippen molar-refractivity contribution in [2.75, 3.05) is 25.1 Å². The van der Waals surface area contributed by atoms with Crippen LogP contribution in [0.4, 0.5) is 10.5 Å². The number of piperidine rings is 1. The normalized spacial score (nSPS) is 18.3. The molecule has 1 N–H and O–H groups in total. The maximum atomic E-state index is 12.8. The van der Waals surface area contributed by atoms with E-state index < -0.39 is 6.03 Å². The molecular formula is C23H25N3O3. The largest absolute Gasteiger partial charge is 0.496 e. The zero-order valence-electron chi connectivity index (χ0n) is 16.6. The minimum atomic E-state index is -0.408. The predicted octanol–water partition coefficient (Wildman–Crippen LogP) is 3.78. The molecule has 2 heterocycles. The van der Waals surface area contributed by atoms with Crippen molar-refractivity contribution in [1.29, 1.82) is 0 Å². The number of nitrogens with zero attached hydrogens (tertiary/aromatic N) is 2. The Labute approximate surface area is 170 Å².